The van der Waals surface area contributed by atoms with E-state index in [-0.39, 0.29) is 16.4 Å². The Balaban J connectivity index is 2.50. The average Bonchev–Trinajstić information content (AvgIpc) is 1.78. The number of carbonyl (C=O) groups excluding carboxylic acids is 1. The number of nitrogens with zero attached hydrogens (tertiary/aromatic N) is 1. The number of hydrogen-bond acceptors (Lipinski definition) is 1. The minimum atomic E-state index is -0.277. The summed E-state index contributed by atoms with van der Waals surface area (Å²) >= 11 is 0. The standard InChI is InChI=1S/C8H15BNOP/c1-7(2,3)6(11)10-4-8(9,12)5-10/h4-5,12H2,1-3H3. The summed E-state index contributed by atoms with van der Waals surface area (Å²) in [7, 11) is 8.33. The van der Waals surface area contributed by atoms with Crippen LogP contribution in [0.3, 0.4) is 0 Å². The molecule has 0 bridgehead atoms. The van der Waals surface area contributed by atoms with Gasteiger partial charge in [-0.15, -0.1) is 9.24 Å². The van der Waals surface area contributed by atoms with Gasteiger partial charge in [-0.2, -0.15) is 0 Å². The molecule has 0 spiro atoms. The first-order valence-corrected chi connectivity index (χ1v) is 4.67. The zero-order valence-corrected chi connectivity index (χ0v) is 9.08. The van der Waals surface area contributed by atoms with Crippen molar-refractivity contribution in [3.63, 3.8) is 0 Å². The number of carbonyl (C=O) groups is 1. The molecule has 0 aromatic carbocycles. The van der Waals surface area contributed by atoms with E-state index in [1.807, 2.05) is 20.8 Å². The predicted molar refractivity (Wildman–Crippen MR) is 54.2 cm³/mol. The minimum absolute atomic E-state index is 0.186. The normalized spacial score (nSPS) is 21.8. The fraction of sp³-hybridized carbons (Fsp3) is 0.875. The van der Waals surface area contributed by atoms with Crippen LogP contribution in [0.25, 0.3) is 0 Å². The van der Waals surface area contributed by atoms with Crippen molar-refractivity contribution in [1.82, 2.24) is 4.90 Å². The second-order valence-electron chi connectivity index (χ2n) is 4.64. The van der Waals surface area contributed by atoms with Crippen LogP contribution in [-0.4, -0.2) is 36.8 Å². The Morgan fingerprint density at radius 1 is 1.50 bits per heavy atom. The van der Waals surface area contributed by atoms with E-state index in [1.165, 1.54) is 0 Å². The summed E-state index contributed by atoms with van der Waals surface area (Å²) in [6.45, 7) is 7.10. The van der Waals surface area contributed by atoms with Gasteiger partial charge in [0.05, 0.1) is 7.85 Å². The SMILES string of the molecule is [B]C1(P)CN(C(=O)C(C)(C)C)C1. The third kappa shape index (κ3) is 2.01. The van der Waals surface area contributed by atoms with E-state index < -0.39 is 0 Å². The van der Waals surface area contributed by atoms with Gasteiger partial charge in [0.1, 0.15) is 0 Å². The van der Waals surface area contributed by atoms with Gasteiger partial charge in [-0.3, -0.25) is 4.79 Å². The van der Waals surface area contributed by atoms with Crippen LogP contribution in [0, 0.1) is 5.41 Å². The van der Waals surface area contributed by atoms with Crippen molar-refractivity contribution in [3.8, 4) is 0 Å². The lowest BCUT2D eigenvalue weighted by molar-refractivity contribution is -0.143. The molecule has 2 nitrogen and oxygen atoms in total. The van der Waals surface area contributed by atoms with Crippen molar-refractivity contribution in [2.24, 2.45) is 5.41 Å². The van der Waals surface area contributed by atoms with Gasteiger partial charge in [0, 0.05) is 18.5 Å². The quantitative estimate of drug-likeness (QED) is 0.398. The maximum absolute atomic E-state index is 11.6. The highest BCUT2D eigenvalue weighted by Crippen LogP contribution is 2.30. The van der Waals surface area contributed by atoms with Crippen LogP contribution in [0.15, 0.2) is 0 Å². The molecule has 0 saturated carbocycles. The molecule has 1 heterocycles. The zero-order valence-electron chi connectivity index (χ0n) is 7.92. The third-order valence-corrected chi connectivity index (χ3v) is 2.26. The molecule has 1 aliphatic rings. The molecular formula is C8H15BNOP. The largest absolute Gasteiger partial charge is 0.342 e. The fourth-order valence-electron chi connectivity index (χ4n) is 1.28. The van der Waals surface area contributed by atoms with E-state index >= 15 is 0 Å². The molecule has 1 rings (SSSR count). The van der Waals surface area contributed by atoms with Crippen molar-refractivity contribution in [1.29, 1.82) is 0 Å². The van der Waals surface area contributed by atoms with Crippen LogP contribution in [0.1, 0.15) is 20.8 Å². The number of amides is 1. The molecule has 4 heteroatoms. The third-order valence-electron chi connectivity index (χ3n) is 1.90. The highest BCUT2D eigenvalue weighted by Gasteiger charge is 2.40. The van der Waals surface area contributed by atoms with Crippen LogP contribution in [0.4, 0.5) is 0 Å². The number of hydrogen-bond donors (Lipinski definition) is 0. The van der Waals surface area contributed by atoms with E-state index in [0.29, 0.717) is 13.1 Å². The highest BCUT2D eigenvalue weighted by molar-refractivity contribution is 7.22. The monoisotopic (exact) mass is 183 g/mol. The van der Waals surface area contributed by atoms with Crippen LogP contribution in [0.2, 0.25) is 0 Å². The molecule has 1 aliphatic heterocycles. The van der Waals surface area contributed by atoms with Crippen LogP contribution < -0.4 is 0 Å². The van der Waals surface area contributed by atoms with E-state index in [2.05, 4.69) is 9.24 Å². The van der Waals surface area contributed by atoms with E-state index in [1.54, 1.807) is 4.90 Å². The maximum Gasteiger partial charge on any atom is 0.227 e. The van der Waals surface area contributed by atoms with Gasteiger partial charge in [-0.25, -0.2) is 0 Å². The van der Waals surface area contributed by atoms with Crippen molar-refractivity contribution in [3.05, 3.63) is 0 Å². The molecule has 1 amide bonds. The molecule has 0 aromatic heterocycles. The Hall–Kier alpha value is -0.0351. The predicted octanol–water partition coefficient (Wildman–Crippen LogP) is 0.615. The fourth-order valence-corrected chi connectivity index (χ4v) is 1.72. The van der Waals surface area contributed by atoms with Crippen molar-refractivity contribution >= 4 is 23.0 Å². The van der Waals surface area contributed by atoms with E-state index in [9.17, 15) is 4.79 Å². The van der Waals surface area contributed by atoms with E-state index in [4.69, 9.17) is 7.85 Å². The van der Waals surface area contributed by atoms with Gasteiger partial charge in [-0.05, 0) is 5.06 Å². The first-order chi connectivity index (χ1) is 5.22. The summed E-state index contributed by atoms with van der Waals surface area (Å²) in [5.41, 5.74) is -0.277. The topological polar surface area (TPSA) is 20.3 Å². The summed E-state index contributed by atoms with van der Waals surface area (Å²) in [6, 6.07) is 0. The van der Waals surface area contributed by atoms with Crippen molar-refractivity contribution in [2.75, 3.05) is 13.1 Å². The Labute approximate surface area is 77.7 Å². The first-order valence-electron chi connectivity index (χ1n) is 4.09. The average molecular weight is 183 g/mol. The second-order valence-corrected chi connectivity index (χ2v) is 5.79. The Bertz CT molecular complexity index is 202. The minimum Gasteiger partial charge on any atom is -0.342 e. The van der Waals surface area contributed by atoms with E-state index in [0.717, 1.165) is 0 Å². The van der Waals surface area contributed by atoms with Gasteiger partial charge in [0.2, 0.25) is 5.91 Å². The Morgan fingerprint density at radius 3 is 2.17 bits per heavy atom. The van der Waals surface area contributed by atoms with Crippen LogP contribution in [-0.2, 0) is 4.79 Å². The molecule has 2 radical (unpaired) electrons. The molecule has 0 aromatic rings. The molecule has 0 aliphatic carbocycles. The maximum atomic E-state index is 11.6. The Morgan fingerprint density at radius 2 is 1.92 bits per heavy atom. The van der Waals surface area contributed by atoms with Gasteiger partial charge in [0.15, 0.2) is 0 Å². The first kappa shape index (κ1) is 10.0. The molecule has 66 valence electrons. The lowest BCUT2D eigenvalue weighted by atomic mass is 9.77. The van der Waals surface area contributed by atoms with Gasteiger partial charge >= 0.3 is 0 Å². The lowest BCUT2D eigenvalue weighted by Gasteiger charge is -2.48. The molecule has 0 N–H and O–H groups in total. The molecule has 1 fully saturated rings. The summed E-state index contributed by atoms with van der Waals surface area (Å²) in [4.78, 5) is 13.4. The van der Waals surface area contributed by atoms with Gasteiger partial charge < -0.3 is 4.90 Å². The lowest BCUT2D eigenvalue weighted by Crippen LogP contribution is -2.62. The Kier molecular flexibility index (Phi) is 2.29. The zero-order chi connectivity index (χ0) is 9.57. The number of rotatable bonds is 0. The summed E-state index contributed by atoms with van der Waals surface area (Å²) in [5.74, 6) is 0.186. The summed E-state index contributed by atoms with van der Waals surface area (Å²) < 4.78 is 0. The van der Waals surface area contributed by atoms with Gasteiger partial charge in [-0.1, -0.05) is 20.8 Å². The highest BCUT2D eigenvalue weighted by atomic mass is 31.0. The number of likely N-dealkylation sites (tertiary alicyclic amines) is 1. The molecule has 1 unspecified atom stereocenters. The van der Waals surface area contributed by atoms with Crippen molar-refractivity contribution < 1.29 is 4.79 Å². The van der Waals surface area contributed by atoms with Crippen molar-refractivity contribution in [2.45, 2.75) is 25.8 Å². The second kappa shape index (κ2) is 2.73. The molecule has 1 saturated heterocycles. The van der Waals surface area contributed by atoms with Gasteiger partial charge in [0.25, 0.3) is 0 Å². The summed E-state index contributed by atoms with van der Waals surface area (Å²) in [6.07, 6.45) is 0. The summed E-state index contributed by atoms with van der Waals surface area (Å²) in [5, 5.41) is -0.235. The van der Waals surface area contributed by atoms with Crippen LogP contribution in [0.5, 0.6) is 0 Å². The molecule has 12 heavy (non-hydrogen) atoms. The molecular weight excluding hydrogens is 168 g/mol. The molecule has 1 atom stereocenters. The smallest absolute Gasteiger partial charge is 0.227 e. The van der Waals surface area contributed by atoms with Crippen LogP contribution >= 0.6 is 9.24 Å².